The third-order valence-corrected chi connectivity index (χ3v) is 3.47. The van der Waals surface area contributed by atoms with Crippen LogP contribution >= 0.6 is 11.8 Å². The second-order valence-corrected chi connectivity index (χ2v) is 5.03. The van der Waals surface area contributed by atoms with Crippen LogP contribution in [0.4, 0.5) is 4.39 Å². The number of nitrogens with two attached hydrogens (primary N) is 1. The zero-order valence-electron chi connectivity index (χ0n) is 10.5. The number of carbonyl (C=O) groups is 1. The van der Waals surface area contributed by atoms with E-state index in [1.807, 2.05) is 12.1 Å². The van der Waals surface area contributed by atoms with Crippen LogP contribution in [0.25, 0.3) is 0 Å². The number of carbonyl (C=O) groups excluding carboxylic acids is 1. The molecule has 1 aromatic carbocycles. The fourth-order valence-electron chi connectivity index (χ4n) is 1.26. The van der Waals surface area contributed by atoms with Gasteiger partial charge in [0.25, 0.3) is 5.91 Å². The van der Waals surface area contributed by atoms with E-state index in [0.29, 0.717) is 23.2 Å². The van der Waals surface area contributed by atoms with E-state index < -0.39 is 0 Å². The average molecular weight is 268 g/mol. The van der Waals surface area contributed by atoms with Crippen molar-refractivity contribution in [2.75, 3.05) is 26.4 Å². The van der Waals surface area contributed by atoms with Gasteiger partial charge in [0.1, 0.15) is 0 Å². The minimum absolute atomic E-state index is 0.0298. The van der Waals surface area contributed by atoms with Crippen LogP contribution in [0, 0.1) is 0 Å². The molecular weight excluding hydrogens is 251 g/mol. The number of benzene rings is 1. The van der Waals surface area contributed by atoms with Crippen LogP contribution in [0.5, 0.6) is 0 Å². The van der Waals surface area contributed by atoms with Gasteiger partial charge in [-0.3, -0.25) is 4.79 Å². The Hall–Kier alpha value is -1.33. The van der Waals surface area contributed by atoms with Gasteiger partial charge >= 0.3 is 0 Å². The Morgan fingerprint density at radius 3 is 2.44 bits per heavy atom. The predicted molar refractivity (Wildman–Crippen MR) is 73.4 cm³/mol. The third-order valence-electron chi connectivity index (χ3n) is 2.35. The van der Waals surface area contributed by atoms with Crippen LogP contribution < -0.4 is 5.73 Å². The molecule has 0 heterocycles. The van der Waals surface area contributed by atoms with Crippen molar-refractivity contribution in [1.29, 1.82) is 0 Å². The first-order valence-corrected chi connectivity index (χ1v) is 6.49. The minimum Gasteiger partial charge on any atom is -0.345 e. The number of thioether (sulfide) groups is 1. The minimum atomic E-state index is -0.0298. The highest BCUT2D eigenvalue weighted by atomic mass is 32.2. The Balaban J connectivity index is 2.63. The lowest BCUT2D eigenvalue weighted by Crippen LogP contribution is -2.21. The zero-order valence-corrected chi connectivity index (χ0v) is 11.3. The number of hydrogen-bond donors (Lipinski definition) is 1. The van der Waals surface area contributed by atoms with Crippen molar-refractivity contribution in [2.24, 2.45) is 5.73 Å². The van der Waals surface area contributed by atoms with Gasteiger partial charge in [-0.05, 0) is 29.8 Å². The summed E-state index contributed by atoms with van der Waals surface area (Å²) in [6.45, 7) is 0.223. The Morgan fingerprint density at radius 2 is 2.00 bits per heavy atom. The molecule has 0 saturated carbocycles. The monoisotopic (exact) mass is 268 g/mol. The lowest BCUT2D eigenvalue weighted by atomic mass is 10.2. The van der Waals surface area contributed by atoms with Gasteiger partial charge in [0.15, 0.2) is 0 Å². The molecular formula is C13H17FN2OS. The fourth-order valence-corrected chi connectivity index (χ4v) is 2.12. The maximum absolute atomic E-state index is 12.3. The summed E-state index contributed by atoms with van der Waals surface area (Å²) < 4.78 is 12.3. The number of nitrogens with zero attached hydrogens (tertiary/aromatic N) is 1. The summed E-state index contributed by atoms with van der Waals surface area (Å²) in [5.41, 5.74) is 6.58. The third kappa shape index (κ3) is 4.16. The quantitative estimate of drug-likeness (QED) is 0.833. The highest BCUT2D eigenvalue weighted by Crippen LogP contribution is 2.21. The summed E-state index contributed by atoms with van der Waals surface area (Å²) in [5.74, 6) is 0.492. The van der Waals surface area contributed by atoms with Crippen molar-refractivity contribution in [3.63, 3.8) is 0 Å². The molecule has 1 rings (SSSR count). The highest BCUT2D eigenvalue weighted by Gasteiger charge is 2.07. The zero-order chi connectivity index (χ0) is 13.5. The van der Waals surface area contributed by atoms with Gasteiger partial charge < -0.3 is 10.6 Å². The molecule has 3 nitrogen and oxygen atoms in total. The first-order valence-electron chi connectivity index (χ1n) is 5.51. The standard InChI is InChI=1S/C13H17FN2OS/c1-16(2)13(17)11-3-5-12(6-4-11)18-9-10(7-14)8-15/h3-7H,8-9,15H2,1-2H3/b10-7+. The van der Waals surface area contributed by atoms with Gasteiger partial charge in [-0.15, -0.1) is 11.8 Å². The molecule has 0 spiro atoms. The Labute approximate surface area is 111 Å². The van der Waals surface area contributed by atoms with Crippen LogP contribution in [-0.4, -0.2) is 37.2 Å². The Bertz CT molecular complexity index is 429. The summed E-state index contributed by atoms with van der Waals surface area (Å²) in [6.07, 6.45) is 0.553. The maximum atomic E-state index is 12.3. The first kappa shape index (κ1) is 14.7. The van der Waals surface area contributed by atoms with E-state index in [1.54, 1.807) is 26.2 Å². The number of hydrogen-bond acceptors (Lipinski definition) is 3. The predicted octanol–water partition coefficient (Wildman–Crippen LogP) is 2.29. The summed E-state index contributed by atoms with van der Waals surface area (Å²) in [6, 6.07) is 7.25. The number of amides is 1. The summed E-state index contributed by atoms with van der Waals surface area (Å²) in [5, 5.41) is 0. The van der Waals surface area contributed by atoms with Crippen molar-refractivity contribution in [2.45, 2.75) is 4.90 Å². The molecule has 18 heavy (non-hydrogen) atoms. The molecule has 0 atom stereocenters. The molecule has 98 valence electrons. The Morgan fingerprint density at radius 1 is 1.39 bits per heavy atom. The molecule has 1 amide bonds. The van der Waals surface area contributed by atoms with E-state index >= 15 is 0 Å². The van der Waals surface area contributed by atoms with E-state index in [1.165, 1.54) is 16.7 Å². The van der Waals surface area contributed by atoms with Crippen molar-refractivity contribution in [3.8, 4) is 0 Å². The van der Waals surface area contributed by atoms with Gasteiger partial charge in [-0.1, -0.05) is 0 Å². The van der Waals surface area contributed by atoms with Crippen LogP contribution in [-0.2, 0) is 0 Å². The van der Waals surface area contributed by atoms with Crippen molar-refractivity contribution in [1.82, 2.24) is 4.90 Å². The highest BCUT2D eigenvalue weighted by molar-refractivity contribution is 7.99. The molecule has 1 aromatic rings. The molecule has 0 fully saturated rings. The largest absolute Gasteiger partial charge is 0.345 e. The maximum Gasteiger partial charge on any atom is 0.253 e. The molecule has 0 aliphatic rings. The smallest absolute Gasteiger partial charge is 0.253 e. The second-order valence-electron chi connectivity index (χ2n) is 3.98. The van der Waals surface area contributed by atoms with Gasteiger partial charge in [-0.2, -0.15) is 0 Å². The molecule has 5 heteroatoms. The van der Waals surface area contributed by atoms with Gasteiger partial charge in [0, 0.05) is 36.9 Å². The molecule has 0 bridgehead atoms. The number of rotatable bonds is 5. The summed E-state index contributed by atoms with van der Waals surface area (Å²) in [4.78, 5) is 14.2. The topological polar surface area (TPSA) is 46.3 Å². The van der Waals surface area contributed by atoms with Crippen molar-refractivity contribution in [3.05, 3.63) is 41.7 Å². The van der Waals surface area contributed by atoms with Crippen molar-refractivity contribution >= 4 is 17.7 Å². The second kappa shape index (κ2) is 7.18. The number of halogens is 1. The Kier molecular flexibility index (Phi) is 5.88. The molecule has 0 aromatic heterocycles. The molecule has 0 saturated heterocycles. The average Bonchev–Trinajstić information content (AvgIpc) is 2.39. The van der Waals surface area contributed by atoms with E-state index in [4.69, 9.17) is 5.73 Å². The molecule has 0 unspecified atom stereocenters. The summed E-state index contributed by atoms with van der Waals surface area (Å²) >= 11 is 1.49. The van der Waals surface area contributed by atoms with Crippen LogP contribution in [0.15, 0.2) is 41.1 Å². The van der Waals surface area contributed by atoms with Crippen LogP contribution in [0.1, 0.15) is 10.4 Å². The normalized spacial score (nSPS) is 11.4. The van der Waals surface area contributed by atoms with Gasteiger partial charge in [0.2, 0.25) is 0 Å². The van der Waals surface area contributed by atoms with Gasteiger partial charge in [-0.25, -0.2) is 4.39 Å². The van der Waals surface area contributed by atoms with Crippen LogP contribution in [0.3, 0.4) is 0 Å². The molecule has 0 aliphatic heterocycles. The molecule has 2 N–H and O–H groups in total. The fraction of sp³-hybridized carbons (Fsp3) is 0.308. The lowest BCUT2D eigenvalue weighted by Gasteiger charge is -2.10. The SMILES string of the molecule is CN(C)C(=O)c1ccc(SC/C(=C/F)CN)cc1. The van der Waals surface area contributed by atoms with Gasteiger partial charge in [0.05, 0.1) is 6.33 Å². The lowest BCUT2D eigenvalue weighted by molar-refractivity contribution is 0.0827. The van der Waals surface area contributed by atoms with Crippen molar-refractivity contribution < 1.29 is 9.18 Å². The van der Waals surface area contributed by atoms with E-state index in [9.17, 15) is 9.18 Å². The van der Waals surface area contributed by atoms with E-state index in [0.717, 1.165) is 4.90 Å². The van der Waals surface area contributed by atoms with Crippen LogP contribution in [0.2, 0.25) is 0 Å². The first-order chi connectivity index (χ1) is 8.58. The molecule has 0 radical (unpaired) electrons. The van der Waals surface area contributed by atoms with E-state index in [2.05, 4.69) is 0 Å². The van der Waals surface area contributed by atoms with E-state index in [-0.39, 0.29) is 12.5 Å². The molecule has 0 aliphatic carbocycles. The summed E-state index contributed by atoms with van der Waals surface area (Å²) in [7, 11) is 3.43.